The number of nitro groups is 1. The Morgan fingerprint density at radius 2 is 1.94 bits per heavy atom. The first-order valence-electron chi connectivity index (χ1n) is 6.03. The Bertz CT molecular complexity index is 340. The quantitative estimate of drug-likeness (QED) is 0.450. The van der Waals surface area contributed by atoms with Crippen molar-refractivity contribution in [3.05, 3.63) is 46.0 Å². The summed E-state index contributed by atoms with van der Waals surface area (Å²) in [6.07, 6.45) is 2.18. The van der Waals surface area contributed by atoms with Crippen LogP contribution in [0.2, 0.25) is 0 Å². The minimum Gasteiger partial charge on any atom is -0.381 e. The molecule has 1 rings (SSSR count). The average Bonchev–Trinajstić information content (AvgIpc) is 2.34. The van der Waals surface area contributed by atoms with Crippen molar-refractivity contribution in [3.8, 4) is 0 Å². The van der Waals surface area contributed by atoms with E-state index >= 15 is 0 Å². The van der Waals surface area contributed by atoms with E-state index in [1.54, 1.807) is 24.3 Å². The molecule has 0 aliphatic rings. The highest BCUT2D eigenvalue weighted by molar-refractivity contribution is 5.18. The summed E-state index contributed by atoms with van der Waals surface area (Å²) in [5, 5.41) is 21.0. The minimum atomic E-state index is -1.01. The second kappa shape index (κ2) is 7.01. The highest BCUT2D eigenvalue weighted by Gasteiger charge is 2.30. The lowest BCUT2D eigenvalue weighted by molar-refractivity contribution is -0.537. The van der Waals surface area contributed by atoms with Crippen LogP contribution in [0.4, 0.5) is 0 Å². The highest BCUT2D eigenvalue weighted by Crippen LogP contribution is 2.22. The third-order valence-electron chi connectivity index (χ3n) is 2.88. The third kappa shape index (κ3) is 4.15. The fraction of sp³-hybridized carbons (Fsp3) is 0.538. The van der Waals surface area contributed by atoms with Gasteiger partial charge in [-0.25, -0.2) is 0 Å². The molecule has 1 aromatic rings. The smallest absolute Gasteiger partial charge is 0.242 e. The monoisotopic (exact) mass is 237 g/mol. The van der Waals surface area contributed by atoms with Crippen LogP contribution in [0.15, 0.2) is 30.3 Å². The first kappa shape index (κ1) is 13.6. The molecular weight excluding hydrogens is 218 g/mol. The van der Waals surface area contributed by atoms with Crippen LogP contribution in [0.1, 0.15) is 44.3 Å². The molecule has 0 amide bonds. The second-order valence-electron chi connectivity index (χ2n) is 4.20. The molecular formula is C13H19NO3. The van der Waals surface area contributed by atoms with Gasteiger partial charge in [0.15, 0.2) is 0 Å². The van der Waals surface area contributed by atoms with Gasteiger partial charge in [-0.1, -0.05) is 50.1 Å². The van der Waals surface area contributed by atoms with Crippen LogP contribution in [0.25, 0.3) is 0 Å². The van der Waals surface area contributed by atoms with Crippen molar-refractivity contribution in [1.29, 1.82) is 0 Å². The van der Waals surface area contributed by atoms with Crippen LogP contribution in [-0.2, 0) is 0 Å². The summed E-state index contributed by atoms with van der Waals surface area (Å²) in [5.74, 6) is 0. The molecule has 0 spiro atoms. The molecule has 2 atom stereocenters. The van der Waals surface area contributed by atoms with Gasteiger partial charge < -0.3 is 5.11 Å². The molecule has 0 saturated heterocycles. The van der Waals surface area contributed by atoms with Crippen molar-refractivity contribution < 1.29 is 10.0 Å². The maximum absolute atomic E-state index is 11.0. The second-order valence-corrected chi connectivity index (χ2v) is 4.20. The molecule has 4 nitrogen and oxygen atoms in total. The molecule has 0 fully saturated rings. The topological polar surface area (TPSA) is 63.4 Å². The molecule has 0 radical (unpaired) electrons. The summed E-state index contributed by atoms with van der Waals surface area (Å²) in [7, 11) is 0. The summed E-state index contributed by atoms with van der Waals surface area (Å²) in [5.41, 5.74) is 0.616. The number of aliphatic hydroxyl groups excluding tert-OH is 1. The fourth-order valence-electron chi connectivity index (χ4n) is 1.85. The molecule has 0 unspecified atom stereocenters. The van der Waals surface area contributed by atoms with Gasteiger partial charge in [-0.05, 0) is 12.0 Å². The summed E-state index contributed by atoms with van der Waals surface area (Å²) in [6.45, 7) is 2.05. The van der Waals surface area contributed by atoms with Crippen LogP contribution in [0.5, 0.6) is 0 Å². The van der Waals surface area contributed by atoms with Crippen molar-refractivity contribution >= 4 is 0 Å². The SMILES string of the molecule is CCCCC[C@@H]([C@H](O)c1ccccc1)[N+](=O)[O-]. The number of aliphatic hydroxyl groups is 1. The van der Waals surface area contributed by atoms with Gasteiger partial charge in [-0.2, -0.15) is 0 Å². The van der Waals surface area contributed by atoms with E-state index in [-0.39, 0.29) is 4.92 Å². The molecule has 17 heavy (non-hydrogen) atoms. The van der Waals surface area contributed by atoms with Crippen LogP contribution in [0, 0.1) is 10.1 Å². The third-order valence-corrected chi connectivity index (χ3v) is 2.88. The maximum Gasteiger partial charge on any atom is 0.242 e. The molecule has 94 valence electrons. The number of hydrogen-bond donors (Lipinski definition) is 1. The molecule has 0 aliphatic heterocycles. The molecule has 0 heterocycles. The van der Waals surface area contributed by atoms with E-state index in [1.165, 1.54) is 0 Å². The number of rotatable bonds is 7. The molecule has 0 aliphatic carbocycles. The van der Waals surface area contributed by atoms with E-state index in [9.17, 15) is 15.2 Å². The summed E-state index contributed by atoms with van der Waals surface area (Å²) in [6, 6.07) is 7.93. The van der Waals surface area contributed by atoms with Gasteiger partial charge >= 0.3 is 0 Å². The fourth-order valence-corrected chi connectivity index (χ4v) is 1.85. The van der Waals surface area contributed by atoms with E-state index in [2.05, 4.69) is 6.92 Å². The lowest BCUT2D eigenvalue weighted by Gasteiger charge is -2.16. The minimum absolute atomic E-state index is 0.368. The standard InChI is InChI=1S/C13H19NO3/c1-2-3-5-10-12(14(16)17)13(15)11-8-6-4-7-9-11/h4,6-9,12-13,15H,2-3,5,10H2,1H3/t12-,13+/m0/s1. The lowest BCUT2D eigenvalue weighted by atomic mass is 9.98. The predicted octanol–water partition coefficient (Wildman–Crippen LogP) is 2.95. The van der Waals surface area contributed by atoms with Crippen LogP contribution >= 0.6 is 0 Å². The van der Waals surface area contributed by atoms with E-state index in [1.807, 2.05) is 6.07 Å². The van der Waals surface area contributed by atoms with Gasteiger partial charge in [0, 0.05) is 11.3 Å². The predicted molar refractivity (Wildman–Crippen MR) is 66.3 cm³/mol. The highest BCUT2D eigenvalue weighted by atomic mass is 16.6. The van der Waals surface area contributed by atoms with Crippen LogP contribution < -0.4 is 0 Å². The Morgan fingerprint density at radius 3 is 2.47 bits per heavy atom. The number of hydrogen-bond acceptors (Lipinski definition) is 3. The number of unbranched alkanes of at least 4 members (excludes halogenated alkanes) is 2. The van der Waals surface area contributed by atoms with Gasteiger partial charge in [0.2, 0.25) is 6.04 Å². The van der Waals surface area contributed by atoms with Crippen molar-refractivity contribution in [1.82, 2.24) is 0 Å². The Kier molecular flexibility index (Phi) is 5.63. The molecule has 0 bridgehead atoms. The molecule has 0 aromatic heterocycles. The maximum atomic E-state index is 11.0. The average molecular weight is 237 g/mol. The van der Waals surface area contributed by atoms with Crippen LogP contribution in [-0.4, -0.2) is 16.1 Å². The zero-order valence-corrected chi connectivity index (χ0v) is 10.1. The zero-order valence-electron chi connectivity index (χ0n) is 10.1. The Balaban J connectivity index is 2.67. The Hall–Kier alpha value is -1.42. The summed E-state index contributed by atoms with van der Waals surface area (Å²) >= 11 is 0. The van der Waals surface area contributed by atoms with Crippen LogP contribution in [0.3, 0.4) is 0 Å². The van der Waals surface area contributed by atoms with Crippen molar-refractivity contribution in [2.75, 3.05) is 0 Å². The Morgan fingerprint density at radius 1 is 1.29 bits per heavy atom. The summed E-state index contributed by atoms with van der Waals surface area (Å²) < 4.78 is 0. The van der Waals surface area contributed by atoms with Crippen molar-refractivity contribution in [3.63, 3.8) is 0 Å². The lowest BCUT2D eigenvalue weighted by Crippen LogP contribution is -2.27. The molecule has 0 saturated carbocycles. The molecule has 1 N–H and O–H groups in total. The van der Waals surface area contributed by atoms with Crippen molar-refractivity contribution in [2.24, 2.45) is 0 Å². The van der Waals surface area contributed by atoms with Gasteiger partial charge in [0.05, 0.1) is 0 Å². The van der Waals surface area contributed by atoms with Gasteiger partial charge in [-0.15, -0.1) is 0 Å². The van der Waals surface area contributed by atoms with E-state index in [4.69, 9.17) is 0 Å². The van der Waals surface area contributed by atoms with Gasteiger partial charge in [-0.3, -0.25) is 10.1 Å². The number of benzene rings is 1. The normalized spacial score (nSPS) is 14.2. The summed E-state index contributed by atoms with van der Waals surface area (Å²) in [4.78, 5) is 10.6. The molecule has 1 aromatic carbocycles. The van der Waals surface area contributed by atoms with Crippen molar-refractivity contribution in [2.45, 2.75) is 44.8 Å². The van der Waals surface area contributed by atoms with Gasteiger partial charge in [0.25, 0.3) is 0 Å². The van der Waals surface area contributed by atoms with E-state index < -0.39 is 12.1 Å². The molecule has 4 heteroatoms. The first-order chi connectivity index (χ1) is 8.16. The zero-order chi connectivity index (χ0) is 12.7. The Labute approximate surface area is 101 Å². The first-order valence-corrected chi connectivity index (χ1v) is 6.03. The largest absolute Gasteiger partial charge is 0.381 e. The van der Waals surface area contributed by atoms with E-state index in [0.29, 0.717) is 12.0 Å². The van der Waals surface area contributed by atoms with Gasteiger partial charge in [0.1, 0.15) is 6.10 Å². The van der Waals surface area contributed by atoms with E-state index in [0.717, 1.165) is 19.3 Å². The number of nitrogens with zero attached hydrogens (tertiary/aromatic N) is 1.